The average molecular weight is 274 g/mol. The minimum absolute atomic E-state index is 0.105. The summed E-state index contributed by atoms with van der Waals surface area (Å²) in [6.07, 6.45) is 3.94. The summed E-state index contributed by atoms with van der Waals surface area (Å²) in [5, 5.41) is 7.37. The quantitative estimate of drug-likeness (QED) is 0.896. The Labute approximate surface area is 121 Å². The lowest BCUT2D eigenvalue weighted by Gasteiger charge is -2.21. The zero-order valence-electron chi connectivity index (χ0n) is 12.4. The molecule has 109 valence electrons. The lowest BCUT2D eigenvalue weighted by atomic mass is 9.94. The largest absolute Gasteiger partial charge is 0.378 e. The van der Waals surface area contributed by atoms with Crippen molar-refractivity contribution >= 4 is 17.3 Å². The Bertz CT molecular complexity index is 422. The molecule has 1 radical (unpaired) electrons. The van der Waals surface area contributed by atoms with Crippen molar-refractivity contribution in [2.24, 2.45) is 5.92 Å². The van der Waals surface area contributed by atoms with Crippen LogP contribution in [0.4, 0.5) is 11.4 Å². The van der Waals surface area contributed by atoms with E-state index in [-0.39, 0.29) is 5.91 Å². The lowest BCUT2D eigenvalue weighted by Crippen LogP contribution is -2.25. The van der Waals surface area contributed by atoms with E-state index >= 15 is 0 Å². The van der Waals surface area contributed by atoms with Crippen molar-refractivity contribution in [3.8, 4) is 0 Å². The van der Waals surface area contributed by atoms with Crippen LogP contribution in [0.5, 0.6) is 0 Å². The van der Waals surface area contributed by atoms with E-state index in [9.17, 15) is 4.79 Å². The molecule has 0 bridgehead atoms. The normalized spacial score (nSPS) is 18.6. The fourth-order valence-electron chi connectivity index (χ4n) is 2.49. The smallest absolute Gasteiger partial charge is 0.224 e. The molecule has 4 heteroatoms. The fraction of sp³-hybridized carbons (Fsp3) is 0.562. The molecule has 1 aliphatic heterocycles. The topological polar surface area (TPSA) is 46.4 Å². The molecule has 1 atom stereocenters. The SMILES string of the molecule is CN(C)c1ccc(NC(=O)CCC2CCC[N]C2)cc1. The van der Waals surface area contributed by atoms with Crippen LogP contribution in [0.3, 0.4) is 0 Å². The van der Waals surface area contributed by atoms with Crippen molar-refractivity contribution in [1.29, 1.82) is 0 Å². The minimum Gasteiger partial charge on any atom is -0.378 e. The molecule has 1 unspecified atom stereocenters. The zero-order valence-corrected chi connectivity index (χ0v) is 12.4. The Morgan fingerprint density at radius 3 is 2.70 bits per heavy atom. The average Bonchev–Trinajstić information content (AvgIpc) is 2.47. The summed E-state index contributed by atoms with van der Waals surface area (Å²) in [5.41, 5.74) is 2.00. The molecule has 4 nitrogen and oxygen atoms in total. The molecule has 1 N–H and O–H groups in total. The third kappa shape index (κ3) is 4.53. The molecular formula is C16H24N3O. The van der Waals surface area contributed by atoms with Gasteiger partial charge in [-0.1, -0.05) is 0 Å². The van der Waals surface area contributed by atoms with Gasteiger partial charge in [0.2, 0.25) is 5.91 Å². The van der Waals surface area contributed by atoms with Crippen LogP contribution < -0.4 is 15.5 Å². The van der Waals surface area contributed by atoms with Gasteiger partial charge in [0.05, 0.1) is 0 Å². The summed E-state index contributed by atoms with van der Waals surface area (Å²) in [7, 11) is 4.01. The number of carbonyl (C=O) groups excluding carboxylic acids is 1. The maximum absolute atomic E-state index is 11.9. The lowest BCUT2D eigenvalue weighted by molar-refractivity contribution is -0.116. The molecule has 1 aromatic carbocycles. The van der Waals surface area contributed by atoms with Crippen molar-refractivity contribution in [2.75, 3.05) is 37.4 Å². The standard InChI is InChI=1S/C16H24N3O/c1-19(2)15-8-6-14(7-9-15)18-16(20)10-5-13-4-3-11-17-12-13/h6-9,13H,3-5,10-12H2,1-2H3,(H,18,20). The first-order valence-electron chi connectivity index (χ1n) is 7.35. The van der Waals surface area contributed by atoms with E-state index in [0.29, 0.717) is 12.3 Å². The number of benzene rings is 1. The Balaban J connectivity index is 1.75. The first-order valence-corrected chi connectivity index (χ1v) is 7.35. The number of rotatable bonds is 5. The first-order chi connectivity index (χ1) is 9.65. The first kappa shape index (κ1) is 14.9. The third-order valence-electron chi connectivity index (χ3n) is 3.76. The second-order valence-electron chi connectivity index (χ2n) is 5.67. The summed E-state index contributed by atoms with van der Waals surface area (Å²) >= 11 is 0. The van der Waals surface area contributed by atoms with Crippen molar-refractivity contribution in [3.63, 3.8) is 0 Å². The molecule has 0 aliphatic carbocycles. The highest BCUT2D eigenvalue weighted by Crippen LogP contribution is 2.18. The number of carbonyl (C=O) groups is 1. The monoisotopic (exact) mass is 274 g/mol. The Hall–Kier alpha value is -1.55. The second-order valence-corrected chi connectivity index (χ2v) is 5.67. The number of hydrogen-bond acceptors (Lipinski definition) is 2. The van der Waals surface area contributed by atoms with Crippen LogP contribution in [0, 0.1) is 5.92 Å². The van der Waals surface area contributed by atoms with Gasteiger partial charge in [-0.2, -0.15) is 0 Å². The summed E-state index contributed by atoms with van der Waals surface area (Å²) in [5.74, 6) is 0.707. The third-order valence-corrected chi connectivity index (χ3v) is 3.76. The van der Waals surface area contributed by atoms with Crippen molar-refractivity contribution in [1.82, 2.24) is 5.32 Å². The maximum Gasteiger partial charge on any atom is 0.224 e. The van der Waals surface area contributed by atoms with Crippen LogP contribution in [0.15, 0.2) is 24.3 Å². The van der Waals surface area contributed by atoms with E-state index in [0.717, 1.165) is 30.9 Å². The molecule has 1 saturated heterocycles. The number of piperidine rings is 1. The predicted molar refractivity (Wildman–Crippen MR) is 83.2 cm³/mol. The Kier molecular flexibility index (Phi) is 5.41. The van der Waals surface area contributed by atoms with Crippen LogP contribution in [0.25, 0.3) is 0 Å². The van der Waals surface area contributed by atoms with Crippen LogP contribution in [-0.2, 0) is 4.79 Å². The number of anilines is 2. The van der Waals surface area contributed by atoms with E-state index in [1.165, 1.54) is 12.8 Å². The predicted octanol–water partition coefficient (Wildman–Crippen LogP) is 2.49. The Morgan fingerprint density at radius 2 is 2.10 bits per heavy atom. The fourth-order valence-corrected chi connectivity index (χ4v) is 2.49. The van der Waals surface area contributed by atoms with Gasteiger partial charge >= 0.3 is 0 Å². The van der Waals surface area contributed by atoms with Crippen LogP contribution >= 0.6 is 0 Å². The number of amides is 1. The van der Waals surface area contributed by atoms with Gasteiger partial charge < -0.3 is 10.2 Å². The molecule has 0 saturated carbocycles. The van der Waals surface area contributed by atoms with Gasteiger partial charge in [-0.25, -0.2) is 5.32 Å². The van der Waals surface area contributed by atoms with Gasteiger partial charge in [0.1, 0.15) is 0 Å². The maximum atomic E-state index is 11.9. The summed E-state index contributed by atoms with van der Waals surface area (Å²) < 4.78 is 0. The van der Waals surface area contributed by atoms with Gasteiger partial charge in [0, 0.05) is 45.0 Å². The number of hydrogen-bond donors (Lipinski definition) is 1. The van der Waals surface area contributed by atoms with E-state index in [2.05, 4.69) is 10.6 Å². The van der Waals surface area contributed by atoms with E-state index < -0.39 is 0 Å². The molecular weight excluding hydrogens is 250 g/mol. The molecule has 1 aliphatic rings. The molecule has 1 heterocycles. The van der Waals surface area contributed by atoms with E-state index in [1.807, 2.05) is 43.3 Å². The van der Waals surface area contributed by atoms with Crippen molar-refractivity contribution in [2.45, 2.75) is 25.7 Å². The van der Waals surface area contributed by atoms with E-state index in [4.69, 9.17) is 0 Å². The van der Waals surface area contributed by atoms with Gasteiger partial charge in [-0.05, 0) is 49.4 Å². The highest BCUT2D eigenvalue weighted by Gasteiger charge is 2.15. The molecule has 20 heavy (non-hydrogen) atoms. The highest BCUT2D eigenvalue weighted by atomic mass is 16.1. The molecule has 1 aromatic rings. The molecule has 0 aromatic heterocycles. The highest BCUT2D eigenvalue weighted by molar-refractivity contribution is 5.90. The molecule has 1 fully saturated rings. The van der Waals surface area contributed by atoms with Crippen LogP contribution in [-0.4, -0.2) is 33.1 Å². The van der Waals surface area contributed by atoms with Crippen LogP contribution in [0.1, 0.15) is 25.7 Å². The summed E-state index contributed by atoms with van der Waals surface area (Å²) in [4.78, 5) is 14.0. The zero-order chi connectivity index (χ0) is 14.4. The summed E-state index contributed by atoms with van der Waals surface area (Å²) in [6, 6.07) is 7.91. The van der Waals surface area contributed by atoms with Gasteiger partial charge in [0.25, 0.3) is 0 Å². The van der Waals surface area contributed by atoms with Gasteiger partial charge in [-0.3, -0.25) is 4.79 Å². The van der Waals surface area contributed by atoms with Crippen molar-refractivity contribution < 1.29 is 4.79 Å². The van der Waals surface area contributed by atoms with Gasteiger partial charge in [-0.15, -0.1) is 0 Å². The van der Waals surface area contributed by atoms with Gasteiger partial charge in [0.15, 0.2) is 0 Å². The molecule has 2 rings (SSSR count). The number of nitrogens with zero attached hydrogens (tertiary/aromatic N) is 2. The second kappa shape index (κ2) is 7.29. The van der Waals surface area contributed by atoms with E-state index in [1.54, 1.807) is 0 Å². The Morgan fingerprint density at radius 1 is 1.35 bits per heavy atom. The number of nitrogens with one attached hydrogen (secondary N) is 1. The summed E-state index contributed by atoms with van der Waals surface area (Å²) in [6.45, 7) is 1.94. The molecule has 1 amide bonds. The minimum atomic E-state index is 0.105. The van der Waals surface area contributed by atoms with Crippen molar-refractivity contribution in [3.05, 3.63) is 24.3 Å². The molecule has 0 spiro atoms. The van der Waals surface area contributed by atoms with Crippen LogP contribution in [0.2, 0.25) is 0 Å².